The van der Waals surface area contributed by atoms with Crippen LogP contribution in [0.15, 0.2) is 77.7 Å². The predicted octanol–water partition coefficient (Wildman–Crippen LogP) is 4.89. The van der Waals surface area contributed by atoms with Gasteiger partial charge in [-0.2, -0.15) is 26.3 Å². The Balaban J connectivity index is 1.76. The first-order chi connectivity index (χ1) is 20.0. The molecular formula is C28H25F7N2O5S. The van der Waals surface area contributed by atoms with E-state index in [2.05, 4.69) is 5.32 Å². The number of aryl methyl sites for hydroxylation is 1. The van der Waals surface area contributed by atoms with Gasteiger partial charge in [0.25, 0.3) is 15.6 Å². The van der Waals surface area contributed by atoms with Gasteiger partial charge in [-0.05, 0) is 54.3 Å². The number of sulfonamides is 1. The van der Waals surface area contributed by atoms with Crippen LogP contribution in [0.5, 0.6) is 0 Å². The van der Waals surface area contributed by atoms with Gasteiger partial charge in [0.05, 0.1) is 29.3 Å². The van der Waals surface area contributed by atoms with Crippen molar-refractivity contribution >= 4 is 21.6 Å². The van der Waals surface area contributed by atoms with Crippen molar-refractivity contribution in [1.82, 2.24) is 5.32 Å². The van der Waals surface area contributed by atoms with Gasteiger partial charge in [0, 0.05) is 12.0 Å². The minimum absolute atomic E-state index is 0.212. The molecule has 7 nitrogen and oxygen atoms in total. The molecule has 1 aliphatic heterocycles. The molecule has 43 heavy (non-hydrogen) atoms. The lowest BCUT2D eigenvalue weighted by atomic mass is 9.87. The third-order valence-corrected chi connectivity index (χ3v) is 9.03. The number of nitrogens with one attached hydrogen (secondary N) is 1. The van der Waals surface area contributed by atoms with Crippen molar-refractivity contribution in [3.05, 3.63) is 95.3 Å². The lowest BCUT2D eigenvalue weighted by molar-refractivity contribution is -0.376. The van der Waals surface area contributed by atoms with Crippen molar-refractivity contribution < 1.29 is 54.2 Å². The second-order valence-corrected chi connectivity index (χ2v) is 11.7. The fraction of sp³-hybridized carbons (Fsp3) is 0.321. The molecular weight excluding hydrogens is 609 g/mol. The molecule has 0 saturated carbocycles. The molecule has 0 spiro atoms. The highest BCUT2D eigenvalue weighted by atomic mass is 32.2. The molecule has 1 heterocycles. The zero-order valence-corrected chi connectivity index (χ0v) is 22.8. The second-order valence-electron chi connectivity index (χ2n) is 9.91. The Morgan fingerprint density at radius 3 is 2.12 bits per heavy atom. The number of fused-ring (bicyclic) bond motifs is 1. The van der Waals surface area contributed by atoms with Crippen LogP contribution < -0.4 is 9.62 Å². The number of aliphatic hydroxyl groups excluding tert-OH is 1. The second kappa shape index (κ2) is 11.8. The van der Waals surface area contributed by atoms with Crippen molar-refractivity contribution in [1.29, 1.82) is 0 Å². The number of hydrogen-bond donors (Lipinski definition) is 3. The fourth-order valence-electron chi connectivity index (χ4n) is 4.97. The molecule has 4 rings (SSSR count). The van der Waals surface area contributed by atoms with Crippen LogP contribution in [-0.2, 0) is 26.8 Å². The number of alkyl halides is 6. The number of rotatable bonds is 8. The van der Waals surface area contributed by atoms with Crippen LogP contribution in [0.4, 0.5) is 36.4 Å². The quantitative estimate of drug-likeness (QED) is 0.306. The molecule has 0 aliphatic carbocycles. The monoisotopic (exact) mass is 634 g/mol. The molecule has 15 heteroatoms. The average molecular weight is 635 g/mol. The molecule has 0 bridgehead atoms. The topological polar surface area (TPSA) is 107 Å². The van der Waals surface area contributed by atoms with E-state index in [0.717, 1.165) is 24.3 Å². The van der Waals surface area contributed by atoms with E-state index in [0.29, 0.717) is 28.1 Å². The molecule has 0 unspecified atom stereocenters. The molecule has 0 fully saturated rings. The Hall–Kier alpha value is -3.69. The summed E-state index contributed by atoms with van der Waals surface area (Å²) >= 11 is 0. The molecule has 0 aromatic heterocycles. The Kier molecular flexibility index (Phi) is 8.82. The van der Waals surface area contributed by atoms with E-state index in [4.69, 9.17) is 0 Å². The standard InChI is InChI=1S/C28H25F7N2O5S/c29-20-8-11-22(12-9-20)43(41,42)37-21(15-25(39)36-23(16-38)17-4-2-1-3-5-17)10-6-18-14-19(7-13-24(18)37)26(40,27(30,31)32)28(33,34)35/h1-5,7-9,11-14,21,23,38,40H,6,10,15-16H2,(H,36,39)/t21-,23+/m0/s1. The molecule has 0 saturated heterocycles. The zero-order chi connectivity index (χ0) is 31.8. The van der Waals surface area contributed by atoms with Crippen LogP contribution in [0.3, 0.4) is 0 Å². The summed E-state index contributed by atoms with van der Waals surface area (Å²) in [5.74, 6) is -1.47. The first kappa shape index (κ1) is 32.2. The van der Waals surface area contributed by atoms with Gasteiger partial charge in [0.15, 0.2) is 0 Å². The van der Waals surface area contributed by atoms with Gasteiger partial charge in [-0.1, -0.05) is 42.5 Å². The number of hydrogen-bond acceptors (Lipinski definition) is 5. The highest BCUT2D eigenvalue weighted by molar-refractivity contribution is 7.92. The van der Waals surface area contributed by atoms with Gasteiger partial charge in [-0.25, -0.2) is 12.8 Å². The van der Waals surface area contributed by atoms with Crippen LogP contribution in [-0.4, -0.2) is 49.5 Å². The zero-order valence-electron chi connectivity index (χ0n) is 22.0. The molecule has 3 N–H and O–H groups in total. The normalized spacial score (nSPS) is 16.9. The molecule has 1 amide bonds. The van der Waals surface area contributed by atoms with Crippen LogP contribution in [0, 0.1) is 5.82 Å². The first-order valence-electron chi connectivity index (χ1n) is 12.7. The van der Waals surface area contributed by atoms with Gasteiger partial charge < -0.3 is 15.5 Å². The van der Waals surface area contributed by atoms with Gasteiger partial charge in [-0.15, -0.1) is 0 Å². The smallest absolute Gasteiger partial charge is 0.394 e. The summed E-state index contributed by atoms with van der Waals surface area (Å²) in [4.78, 5) is 12.6. The Morgan fingerprint density at radius 1 is 0.953 bits per heavy atom. The molecule has 3 aromatic carbocycles. The summed E-state index contributed by atoms with van der Waals surface area (Å²) in [6.45, 7) is -0.495. The number of aliphatic hydroxyl groups is 2. The van der Waals surface area contributed by atoms with E-state index in [1.807, 2.05) is 0 Å². The Morgan fingerprint density at radius 2 is 1.56 bits per heavy atom. The van der Waals surface area contributed by atoms with E-state index in [-0.39, 0.29) is 24.1 Å². The van der Waals surface area contributed by atoms with E-state index in [1.165, 1.54) is 0 Å². The average Bonchev–Trinajstić information content (AvgIpc) is 2.94. The first-order valence-corrected chi connectivity index (χ1v) is 14.2. The van der Waals surface area contributed by atoms with Gasteiger partial charge in [-0.3, -0.25) is 9.10 Å². The molecule has 232 valence electrons. The number of anilines is 1. The van der Waals surface area contributed by atoms with Crippen LogP contribution in [0.25, 0.3) is 0 Å². The minimum atomic E-state index is -6.16. The summed E-state index contributed by atoms with van der Waals surface area (Å²) in [5, 5.41) is 22.3. The van der Waals surface area contributed by atoms with Crippen molar-refractivity contribution in [3.63, 3.8) is 0 Å². The largest absolute Gasteiger partial charge is 0.430 e. The molecule has 1 aliphatic rings. The van der Waals surface area contributed by atoms with Crippen molar-refractivity contribution in [2.45, 2.75) is 54.2 Å². The lowest BCUT2D eigenvalue weighted by Crippen LogP contribution is -2.54. The number of amides is 1. The van der Waals surface area contributed by atoms with Crippen LogP contribution >= 0.6 is 0 Å². The number of carbonyl (C=O) groups excluding carboxylic acids is 1. The summed E-state index contributed by atoms with van der Waals surface area (Å²) in [5.41, 5.74) is -6.81. The van der Waals surface area contributed by atoms with E-state index in [1.54, 1.807) is 30.3 Å². The third-order valence-electron chi connectivity index (χ3n) is 7.14. The number of nitrogens with zero attached hydrogens (tertiary/aromatic N) is 1. The van der Waals surface area contributed by atoms with Crippen molar-refractivity contribution in [2.75, 3.05) is 10.9 Å². The molecule has 2 atom stereocenters. The summed E-state index contributed by atoms with van der Waals surface area (Å²) in [7, 11) is -4.65. The fourth-order valence-corrected chi connectivity index (χ4v) is 6.68. The maximum atomic E-state index is 13.8. The molecule has 0 radical (unpaired) electrons. The third kappa shape index (κ3) is 6.19. The van der Waals surface area contributed by atoms with Gasteiger partial charge in [0.1, 0.15) is 5.82 Å². The Bertz CT molecular complexity index is 1550. The number of halogens is 7. The van der Waals surface area contributed by atoms with E-state index < -0.39 is 75.3 Å². The maximum Gasteiger partial charge on any atom is 0.430 e. The number of carbonyl (C=O) groups is 1. The highest BCUT2D eigenvalue weighted by Gasteiger charge is 2.71. The lowest BCUT2D eigenvalue weighted by Gasteiger charge is -2.39. The van der Waals surface area contributed by atoms with Crippen molar-refractivity contribution in [3.8, 4) is 0 Å². The SMILES string of the molecule is O=C(C[C@@H]1CCc2cc(C(O)(C(F)(F)F)C(F)(F)F)ccc2N1S(=O)(=O)c1ccc(F)cc1)N[C@H](CO)c1ccccc1. The molecule has 3 aromatic rings. The maximum absolute atomic E-state index is 13.8. The summed E-state index contributed by atoms with van der Waals surface area (Å²) in [6, 6.07) is 11.3. The minimum Gasteiger partial charge on any atom is -0.394 e. The summed E-state index contributed by atoms with van der Waals surface area (Å²) < 4.78 is 123. The Labute approximate surface area is 241 Å². The van der Waals surface area contributed by atoms with Gasteiger partial charge >= 0.3 is 12.4 Å². The predicted molar refractivity (Wildman–Crippen MR) is 140 cm³/mol. The van der Waals surface area contributed by atoms with E-state index >= 15 is 0 Å². The number of benzene rings is 3. The van der Waals surface area contributed by atoms with Crippen LogP contribution in [0.2, 0.25) is 0 Å². The summed E-state index contributed by atoms with van der Waals surface area (Å²) in [6.07, 6.45) is -13.3. The van der Waals surface area contributed by atoms with Crippen LogP contribution in [0.1, 0.15) is 35.6 Å². The van der Waals surface area contributed by atoms with E-state index in [9.17, 15) is 54.2 Å². The highest BCUT2D eigenvalue weighted by Crippen LogP contribution is 2.51. The van der Waals surface area contributed by atoms with Crippen molar-refractivity contribution in [2.24, 2.45) is 0 Å². The van der Waals surface area contributed by atoms with Gasteiger partial charge in [0.2, 0.25) is 5.91 Å².